The lowest BCUT2D eigenvalue weighted by molar-refractivity contribution is 0.0727. The highest BCUT2D eigenvalue weighted by atomic mass is 16.5. The predicted octanol–water partition coefficient (Wildman–Crippen LogP) is 2.72. The Morgan fingerprint density at radius 2 is 2.29 bits per heavy atom. The second-order valence-electron chi connectivity index (χ2n) is 6.24. The van der Waals surface area contributed by atoms with Gasteiger partial charge in [0.05, 0.1) is 12.6 Å². The average Bonchev–Trinajstić information content (AvgIpc) is 3.13. The number of aromatic nitrogens is 3. The molecule has 2 aromatic heterocycles. The first kappa shape index (κ1) is 15.1. The minimum Gasteiger partial charge on any atom is -0.478 e. The van der Waals surface area contributed by atoms with Crippen LogP contribution >= 0.6 is 0 Å². The quantitative estimate of drug-likeness (QED) is 0.839. The van der Waals surface area contributed by atoms with Crippen LogP contribution in [0.25, 0.3) is 0 Å². The van der Waals surface area contributed by atoms with Gasteiger partial charge < -0.3 is 14.2 Å². The van der Waals surface area contributed by atoms with E-state index in [4.69, 9.17) is 9.26 Å². The van der Waals surface area contributed by atoms with Crippen LogP contribution in [0.1, 0.15) is 66.6 Å². The van der Waals surface area contributed by atoms with Crippen LogP contribution in [0.3, 0.4) is 0 Å². The van der Waals surface area contributed by atoms with Gasteiger partial charge in [-0.05, 0) is 38.7 Å². The summed E-state index contributed by atoms with van der Waals surface area (Å²) in [5.74, 6) is 2.19. The second-order valence-corrected chi connectivity index (χ2v) is 6.24. The van der Waals surface area contributed by atoms with E-state index < -0.39 is 0 Å². The molecule has 7 heteroatoms. The zero-order valence-corrected chi connectivity index (χ0v) is 13.6. The lowest BCUT2D eigenvalue weighted by Crippen LogP contribution is -2.31. The molecular formula is C17H20N4O3. The summed E-state index contributed by atoms with van der Waals surface area (Å²) in [7, 11) is 0. The molecule has 7 nitrogen and oxygen atoms in total. The van der Waals surface area contributed by atoms with Gasteiger partial charge in [0.25, 0.3) is 5.91 Å². The smallest absolute Gasteiger partial charge is 0.254 e. The summed E-state index contributed by atoms with van der Waals surface area (Å²) in [6.45, 7) is 3.10. The molecule has 1 amide bonds. The summed E-state index contributed by atoms with van der Waals surface area (Å²) in [5.41, 5.74) is 0.575. The number of likely N-dealkylation sites (tertiary alicyclic amines) is 1. The molecule has 0 unspecified atom stereocenters. The van der Waals surface area contributed by atoms with Gasteiger partial charge in [0.2, 0.25) is 11.8 Å². The van der Waals surface area contributed by atoms with Crippen molar-refractivity contribution in [2.75, 3.05) is 13.2 Å². The molecule has 1 aliphatic heterocycles. The minimum atomic E-state index is -0.113. The number of hydrogen-bond acceptors (Lipinski definition) is 6. The Morgan fingerprint density at radius 3 is 3.08 bits per heavy atom. The van der Waals surface area contributed by atoms with Crippen molar-refractivity contribution in [2.45, 2.75) is 44.6 Å². The van der Waals surface area contributed by atoms with Gasteiger partial charge in [0.15, 0.2) is 5.82 Å². The van der Waals surface area contributed by atoms with Crippen molar-refractivity contribution in [3.05, 3.63) is 35.6 Å². The van der Waals surface area contributed by atoms with Crippen LogP contribution in [0.2, 0.25) is 0 Å². The number of amides is 1. The van der Waals surface area contributed by atoms with Gasteiger partial charge in [-0.25, -0.2) is 4.98 Å². The molecule has 1 saturated heterocycles. The summed E-state index contributed by atoms with van der Waals surface area (Å²) in [6.07, 6.45) is 5.63. The van der Waals surface area contributed by atoms with Crippen molar-refractivity contribution in [1.29, 1.82) is 0 Å². The van der Waals surface area contributed by atoms with Crippen molar-refractivity contribution >= 4 is 5.91 Å². The highest BCUT2D eigenvalue weighted by Crippen LogP contribution is 2.40. The first-order valence-electron chi connectivity index (χ1n) is 8.49. The van der Waals surface area contributed by atoms with Crippen LogP contribution in [0.15, 0.2) is 22.9 Å². The predicted molar refractivity (Wildman–Crippen MR) is 84.7 cm³/mol. The lowest BCUT2D eigenvalue weighted by atomic mass is 10.2. The SMILES string of the molecule is CCOc1cc(C(=O)N2CCC[C@H]2c2noc(C3CC3)n2)ccn1. The molecular weight excluding hydrogens is 308 g/mol. The van der Waals surface area contributed by atoms with E-state index in [1.54, 1.807) is 18.3 Å². The molecule has 1 atom stereocenters. The van der Waals surface area contributed by atoms with Gasteiger partial charge in [-0.2, -0.15) is 4.98 Å². The van der Waals surface area contributed by atoms with Gasteiger partial charge in [0.1, 0.15) is 0 Å². The monoisotopic (exact) mass is 328 g/mol. The standard InChI is InChI=1S/C17H20N4O3/c1-2-23-14-10-12(7-8-18-14)17(22)21-9-3-4-13(21)15-19-16(24-20-15)11-5-6-11/h7-8,10-11,13H,2-6,9H2,1H3/t13-/m0/s1. The maximum atomic E-state index is 12.9. The Kier molecular flexibility index (Phi) is 3.92. The fraction of sp³-hybridized carbons (Fsp3) is 0.529. The van der Waals surface area contributed by atoms with Crippen molar-refractivity contribution in [1.82, 2.24) is 20.0 Å². The van der Waals surface area contributed by atoms with E-state index in [9.17, 15) is 4.79 Å². The molecule has 3 heterocycles. The lowest BCUT2D eigenvalue weighted by Gasteiger charge is -2.22. The molecule has 126 valence electrons. The van der Waals surface area contributed by atoms with Crippen LogP contribution in [0, 0.1) is 0 Å². The molecule has 0 aromatic carbocycles. The Hall–Kier alpha value is -2.44. The highest BCUT2D eigenvalue weighted by molar-refractivity contribution is 5.94. The van der Waals surface area contributed by atoms with E-state index in [2.05, 4.69) is 15.1 Å². The number of hydrogen-bond donors (Lipinski definition) is 0. The first-order chi connectivity index (χ1) is 11.8. The minimum absolute atomic E-state index is 0.0429. The first-order valence-corrected chi connectivity index (χ1v) is 8.49. The van der Waals surface area contributed by atoms with Crippen LogP contribution in [0.4, 0.5) is 0 Å². The summed E-state index contributed by atoms with van der Waals surface area (Å²) in [4.78, 5) is 23.4. The van der Waals surface area contributed by atoms with Gasteiger partial charge in [-0.15, -0.1) is 0 Å². The molecule has 0 radical (unpaired) electrons. The van der Waals surface area contributed by atoms with Crippen molar-refractivity contribution in [2.24, 2.45) is 0 Å². The van der Waals surface area contributed by atoms with E-state index in [1.807, 2.05) is 11.8 Å². The molecule has 1 saturated carbocycles. The normalized spacial score (nSPS) is 20.4. The van der Waals surface area contributed by atoms with Gasteiger partial charge in [-0.3, -0.25) is 4.79 Å². The highest BCUT2D eigenvalue weighted by Gasteiger charge is 2.36. The largest absolute Gasteiger partial charge is 0.478 e. The number of rotatable bonds is 5. The van der Waals surface area contributed by atoms with Gasteiger partial charge in [0, 0.05) is 30.3 Å². The number of carbonyl (C=O) groups is 1. The number of carbonyl (C=O) groups excluding carboxylic acids is 1. The summed E-state index contributed by atoms with van der Waals surface area (Å²) in [5, 5.41) is 4.12. The van der Waals surface area contributed by atoms with Crippen LogP contribution < -0.4 is 4.74 Å². The third-order valence-electron chi connectivity index (χ3n) is 4.47. The number of nitrogens with zero attached hydrogens (tertiary/aromatic N) is 4. The van der Waals surface area contributed by atoms with Gasteiger partial charge in [-0.1, -0.05) is 5.16 Å². The van der Waals surface area contributed by atoms with Crippen molar-refractivity contribution in [3.8, 4) is 5.88 Å². The fourth-order valence-electron chi connectivity index (χ4n) is 3.09. The third-order valence-corrected chi connectivity index (χ3v) is 4.47. The van der Waals surface area contributed by atoms with E-state index in [-0.39, 0.29) is 11.9 Å². The maximum absolute atomic E-state index is 12.9. The van der Waals surface area contributed by atoms with E-state index in [1.165, 1.54) is 0 Å². The molecule has 0 spiro atoms. The number of ether oxygens (including phenoxy) is 1. The molecule has 0 N–H and O–H groups in total. The molecule has 4 rings (SSSR count). The van der Waals surface area contributed by atoms with E-state index >= 15 is 0 Å². The van der Waals surface area contributed by atoms with E-state index in [0.29, 0.717) is 42.2 Å². The Bertz CT molecular complexity index is 741. The molecule has 2 aromatic rings. The fourth-order valence-corrected chi connectivity index (χ4v) is 3.09. The van der Waals surface area contributed by atoms with Gasteiger partial charge >= 0.3 is 0 Å². The van der Waals surface area contributed by atoms with Crippen LogP contribution in [-0.4, -0.2) is 39.1 Å². The molecule has 0 bridgehead atoms. The molecule has 1 aliphatic carbocycles. The average molecular weight is 328 g/mol. The van der Waals surface area contributed by atoms with Crippen LogP contribution in [-0.2, 0) is 0 Å². The Balaban J connectivity index is 1.55. The number of pyridine rings is 1. The van der Waals surface area contributed by atoms with Crippen molar-refractivity contribution in [3.63, 3.8) is 0 Å². The zero-order chi connectivity index (χ0) is 16.5. The van der Waals surface area contributed by atoms with E-state index in [0.717, 1.165) is 25.7 Å². The second kappa shape index (κ2) is 6.22. The Morgan fingerprint density at radius 1 is 1.42 bits per heavy atom. The van der Waals surface area contributed by atoms with Crippen LogP contribution in [0.5, 0.6) is 5.88 Å². The molecule has 2 fully saturated rings. The zero-order valence-electron chi connectivity index (χ0n) is 13.6. The summed E-state index contributed by atoms with van der Waals surface area (Å²) >= 11 is 0. The Labute approximate surface area is 140 Å². The molecule has 24 heavy (non-hydrogen) atoms. The summed E-state index contributed by atoms with van der Waals surface area (Å²) < 4.78 is 10.7. The van der Waals surface area contributed by atoms with Crippen molar-refractivity contribution < 1.29 is 14.1 Å². The maximum Gasteiger partial charge on any atom is 0.254 e. The topological polar surface area (TPSA) is 81.4 Å². The molecule has 2 aliphatic rings. The summed E-state index contributed by atoms with van der Waals surface area (Å²) in [6, 6.07) is 3.29. The third kappa shape index (κ3) is 2.86.